The molecule has 0 aromatic carbocycles. The highest BCUT2D eigenvalue weighted by molar-refractivity contribution is 5.83. The van der Waals surface area contributed by atoms with E-state index in [1.54, 1.807) is 22.7 Å². The maximum atomic E-state index is 12.7. The second-order valence-electron chi connectivity index (χ2n) is 6.61. The Kier molecular flexibility index (Phi) is 6.34. The van der Waals surface area contributed by atoms with Gasteiger partial charge in [-0.15, -0.1) is 0 Å². The third-order valence-corrected chi connectivity index (χ3v) is 4.77. The lowest BCUT2D eigenvalue weighted by molar-refractivity contribution is -0.149. The summed E-state index contributed by atoms with van der Waals surface area (Å²) in [6.07, 6.45) is 3.41. The van der Waals surface area contributed by atoms with Gasteiger partial charge in [0.25, 0.3) is 0 Å². The molecule has 0 bridgehead atoms. The van der Waals surface area contributed by atoms with Gasteiger partial charge in [0.15, 0.2) is 0 Å². The van der Waals surface area contributed by atoms with Crippen molar-refractivity contribution in [1.82, 2.24) is 19.6 Å². The highest BCUT2D eigenvalue weighted by Crippen LogP contribution is 2.24. The van der Waals surface area contributed by atoms with Crippen LogP contribution in [0.15, 0.2) is 12.4 Å². The van der Waals surface area contributed by atoms with Crippen LogP contribution in [-0.4, -0.2) is 86.3 Å². The molecule has 1 saturated heterocycles. The van der Waals surface area contributed by atoms with Crippen molar-refractivity contribution in [3.05, 3.63) is 18.0 Å². The number of aromatic nitrogens is 2. The molecule has 3 N–H and O–H groups in total. The van der Waals surface area contributed by atoms with Gasteiger partial charge in [-0.3, -0.25) is 14.4 Å². The Morgan fingerprint density at radius 2 is 2.04 bits per heavy atom. The summed E-state index contributed by atoms with van der Waals surface area (Å²) < 4.78 is 1.73. The molecule has 24 heavy (non-hydrogen) atoms. The van der Waals surface area contributed by atoms with Gasteiger partial charge < -0.3 is 20.2 Å². The van der Waals surface area contributed by atoms with E-state index in [1.807, 2.05) is 13.2 Å². The van der Waals surface area contributed by atoms with E-state index in [0.29, 0.717) is 32.6 Å². The molecule has 0 aliphatic carbocycles. The predicted octanol–water partition coefficient (Wildman–Crippen LogP) is -1.19. The van der Waals surface area contributed by atoms with Crippen molar-refractivity contribution in [2.45, 2.75) is 26.0 Å². The first-order valence-electron chi connectivity index (χ1n) is 8.33. The summed E-state index contributed by atoms with van der Waals surface area (Å²) in [7, 11) is 1.86. The first-order valence-corrected chi connectivity index (χ1v) is 8.33. The fourth-order valence-corrected chi connectivity index (χ4v) is 3.09. The Morgan fingerprint density at radius 1 is 1.33 bits per heavy atom. The van der Waals surface area contributed by atoms with E-state index in [-0.39, 0.29) is 12.5 Å². The first-order chi connectivity index (χ1) is 11.4. The predicted molar refractivity (Wildman–Crippen MR) is 88.0 cm³/mol. The quantitative estimate of drug-likeness (QED) is 0.602. The average molecular weight is 340 g/mol. The molecule has 1 aromatic heterocycles. The number of carbonyl (C=O) groups is 1. The van der Waals surface area contributed by atoms with Crippen LogP contribution in [0, 0.1) is 5.41 Å². The second-order valence-corrected chi connectivity index (χ2v) is 6.61. The van der Waals surface area contributed by atoms with Crippen LogP contribution in [0.2, 0.25) is 0 Å². The summed E-state index contributed by atoms with van der Waals surface area (Å²) >= 11 is 0. The zero-order valence-electron chi connectivity index (χ0n) is 14.4. The van der Waals surface area contributed by atoms with Crippen LogP contribution in [0.5, 0.6) is 0 Å². The van der Waals surface area contributed by atoms with Crippen LogP contribution < -0.4 is 0 Å². The van der Waals surface area contributed by atoms with Gasteiger partial charge in [-0.25, -0.2) is 0 Å². The summed E-state index contributed by atoms with van der Waals surface area (Å²) in [5, 5.41) is 33.6. The van der Waals surface area contributed by atoms with E-state index in [2.05, 4.69) is 10.00 Å². The molecule has 1 aliphatic heterocycles. The molecule has 0 spiro atoms. The fraction of sp³-hybridized carbons (Fsp3) is 0.750. The van der Waals surface area contributed by atoms with Gasteiger partial charge >= 0.3 is 0 Å². The Morgan fingerprint density at radius 3 is 2.58 bits per heavy atom. The summed E-state index contributed by atoms with van der Waals surface area (Å²) in [5.74, 6) is -0.294. The van der Waals surface area contributed by atoms with Gasteiger partial charge in [-0.2, -0.15) is 5.10 Å². The van der Waals surface area contributed by atoms with Gasteiger partial charge in [-0.05, 0) is 6.42 Å². The standard InChI is InChI=1S/C16H28N4O4/c1-3-16(11-21,12-22)15(24)20-5-4-19(9-14(23)10-20)8-13-6-17-18(2)7-13/h6-7,14,21-23H,3-5,8-12H2,1-2H3/t14-/m0/s1. The first kappa shape index (κ1) is 18.9. The number of nitrogens with zero attached hydrogens (tertiary/aromatic N) is 4. The minimum Gasteiger partial charge on any atom is -0.395 e. The van der Waals surface area contributed by atoms with Gasteiger partial charge in [0.2, 0.25) is 5.91 Å². The summed E-state index contributed by atoms with van der Waals surface area (Å²) in [6.45, 7) is 3.39. The molecule has 2 rings (SSSR count). The number of rotatable bonds is 6. The van der Waals surface area contributed by atoms with Gasteiger partial charge in [0.05, 0.1) is 30.9 Å². The van der Waals surface area contributed by atoms with E-state index in [0.717, 1.165) is 5.56 Å². The van der Waals surface area contributed by atoms with Crippen molar-refractivity contribution in [3.8, 4) is 0 Å². The maximum absolute atomic E-state index is 12.7. The molecular formula is C16H28N4O4. The van der Waals surface area contributed by atoms with Crippen LogP contribution in [-0.2, 0) is 18.4 Å². The molecule has 0 radical (unpaired) electrons. The van der Waals surface area contributed by atoms with Crippen molar-refractivity contribution in [2.75, 3.05) is 39.4 Å². The highest BCUT2D eigenvalue weighted by Gasteiger charge is 2.40. The Labute approximate surface area is 142 Å². The lowest BCUT2D eigenvalue weighted by atomic mass is 9.85. The number of aliphatic hydroxyl groups excluding tert-OH is 3. The molecule has 1 aliphatic rings. The second kappa shape index (κ2) is 8.06. The molecule has 1 aromatic rings. The molecule has 0 saturated carbocycles. The smallest absolute Gasteiger partial charge is 0.233 e. The van der Waals surface area contributed by atoms with Crippen LogP contribution in [0.25, 0.3) is 0 Å². The van der Waals surface area contributed by atoms with Gasteiger partial charge in [0.1, 0.15) is 0 Å². The Bertz CT molecular complexity index is 536. The van der Waals surface area contributed by atoms with E-state index in [1.165, 1.54) is 0 Å². The summed E-state index contributed by atoms with van der Waals surface area (Å²) in [5.41, 5.74) is -0.115. The molecule has 136 valence electrons. The van der Waals surface area contributed by atoms with Crippen molar-refractivity contribution < 1.29 is 20.1 Å². The van der Waals surface area contributed by atoms with E-state index >= 15 is 0 Å². The SMILES string of the molecule is CCC(CO)(CO)C(=O)N1CCN(Cc2cnn(C)c2)C[C@H](O)C1. The molecule has 8 heteroatoms. The topological polar surface area (TPSA) is 102 Å². The lowest BCUT2D eigenvalue weighted by Crippen LogP contribution is -2.50. The van der Waals surface area contributed by atoms with Crippen molar-refractivity contribution in [3.63, 3.8) is 0 Å². The number of β-amino-alcohol motifs (C(OH)–C–C–N with tert-alkyl or cyclic N) is 1. The van der Waals surface area contributed by atoms with E-state index in [4.69, 9.17) is 0 Å². The minimum absolute atomic E-state index is 0.212. The zero-order chi connectivity index (χ0) is 17.7. The lowest BCUT2D eigenvalue weighted by Gasteiger charge is -2.33. The normalized spacial score (nSPS) is 20.2. The summed E-state index contributed by atoms with van der Waals surface area (Å²) in [6, 6.07) is 0. The van der Waals surface area contributed by atoms with Crippen molar-refractivity contribution >= 4 is 5.91 Å². The van der Waals surface area contributed by atoms with Gasteiger partial charge in [-0.1, -0.05) is 6.92 Å². The molecule has 8 nitrogen and oxygen atoms in total. The third kappa shape index (κ3) is 4.13. The largest absolute Gasteiger partial charge is 0.395 e. The van der Waals surface area contributed by atoms with Crippen LogP contribution in [0.1, 0.15) is 18.9 Å². The number of aliphatic hydroxyl groups is 3. The zero-order valence-corrected chi connectivity index (χ0v) is 14.4. The monoisotopic (exact) mass is 340 g/mol. The number of aryl methyl sites for hydroxylation is 1. The van der Waals surface area contributed by atoms with Crippen LogP contribution >= 0.6 is 0 Å². The minimum atomic E-state index is -1.17. The van der Waals surface area contributed by atoms with Gasteiger partial charge in [0, 0.05) is 51.5 Å². The van der Waals surface area contributed by atoms with Crippen molar-refractivity contribution in [1.29, 1.82) is 0 Å². The average Bonchev–Trinajstić information content (AvgIpc) is 2.88. The molecule has 2 heterocycles. The Balaban J connectivity index is 2.04. The summed E-state index contributed by atoms with van der Waals surface area (Å²) in [4.78, 5) is 16.4. The number of amides is 1. The maximum Gasteiger partial charge on any atom is 0.233 e. The molecular weight excluding hydrogens is 312 g/mol. The van der Waals surface area contributed by atoms with E-state index < -0.39 is 24.7 Å². The van der Waals surface area contributed by atoms with Crippen LogP contribution in [0.4, 0.5) is 0 Å². The number of carbonyl (C=O) groups excluding carboxylic acids is 1. The molecule has 0 unspecified atom stereocenters. The molecule has 1 amide bonds. The Hall–Kier alpha value is -1.48. The number of hydrogen-bond acceptors (Lipinski definition) is 6. The fourth-order valence-electron chi connectivity index (χ4n) is 3.09. The highest BCUT2D eigenvalue weighted by atomic mass is 16.3. The van der Waals surface area contributed by atoms with Crippen LogP contribution in [0.3, 0.4) is 0 Å². The molecule has 1 atom stereocenters. The third-order valence-electron chi connectivity index (χ3n) is 4.77. The molecule has 1 fully saturated rings. The van der Waals surface area contributed by atoms with E-state index in [9.17, 15) is 20.1 Å². The number of hydrogen-bond donors (Lipinski definition) is 3. The van der Waals surface area contributed by atoms with Crippen molar-refractivity contribution in [2.24, 2.45) is 12.5 Å².